The second-order valence-electron chi connectivity index (χ2n) is 13.4. The van der Waals surface area contributed by atoms with Gasteiger partial charge in [-0.25, -0.2) is 15.0 Å². The van der Waals surface area contributed by atoms with Gasteiger partial charge in [0.2, 0.25) is 0 Å². The van der Waals surface area contributed by atoms with E-state index in [1.54, 1.807) is 0 Å². The van der Waals surface area contributed by atoms with Crippen molar-refractivity contribution in [3.8, 4) is 56.4 Å². The van der Waals surface area contributed by atoms with E-state index in [4.69, 9.17) is 15.0 Å². The fourth-order valence-corrected chi connectivity index (χ4v) is 7.61. The quantitative estimate of drug-likeness (QED) is 0.179. The van der Waals surface area contributed by atoms with Crippen molar-refractivity contribution in [2.45, 2.75) is 19.3 Å². The molecule has 8 aromatic rings. The minimum Gasteiger partial charge on any atom is -0.208 e. The minimum atomic E-state index is -0.519. The summed E-state index contributed by atoms with van der Waals surface area (Å²) in [6.07, 6.45) is 0. The SMILES string of the molecule is Cc1ccc(C2(c3ccc(C)cc3)c3ccccc3-c3ccc(-c4nc(-c5ccccc5)nc(-c5ccc(-c6ccccc6)cc5)n4)cc32)cc1. The van der Waals surface area contributed by atoms with E-state index in [0.717, 1.165) is 22.3 Å². The molecule has 1 aromatic heterocycles. The summed E-state index contributed by atoms with van der Waals surface area (Å²) in [5, 5.41) is 0. The van der Waals surface area contributed by atoms with Gasteiger partial charge in [-0.15, -0.1) is 0 Å². The molecule has 0 unspecified atom stereocenters. The van der Waals surface area contributed by atoms with Crippen LogP contribution in [0.25, 0.3) is 56.4 Å². The highest BCUT2D eigenvalue weighted by molar-refractivity contribution is 5.88. The molecule has 7 aromatic carbocycles. The fraction of sp³-hybridized carbons (Fsp3) is 0.0625. The van der Waals surface area contributed by atoms with Crippen LogP contribution < -0.4 is 0 Å². The zero-order chi connectivity index (χ0) is 34.4. The Bertz CT molecular complexity index is 2460. The molecule has 0 spiro atoms. The van der Waals surface area contributed by atoms with Gasteiger partial charge in [-0.2, -0.15) is 0 Å². The Hall–Kier alpha value is -6.45. The lowest BCUT2D eigenvalue weighted by molar-refractivity contribution is 0.767. The van der Waals surface area contributed by atoms with Gasteiger partial charge in [0.05, 0.1) is 5.41 Å². The number of nitrogens with zero attached hydrogens (tertiary/aromatic N) is 3. The smallest absolute Gasteiger partial charge is 0.164 e. The van der Waals surface area contributed by atoms with E-state index in [2.05, 4.69) is 166 Å². The molecule has 9 rings (SSSR count). The first-order valence-electron chi connectivity index (χ1n) is 17.4. The van der Waals surface area contributed by atoms with Gasteiger partial charge in [-0.3, -0.25) is 0 Å². The topological polar surface area (TPSA) is 38.7 Å². The van der Waals surface area contributed by atoms with Gasteiger partial charge in [0.1, 0.15) is 0 Å². The highest BCUT2D eigenvalue weighted by atomic mass is 15.0. The third-order valence-corrected chi connectivity index (χ3v) is 10.2. The van der Waals surface area contributed by atoms with Crippen molar-refractivity contribution in [1.29, 1.82) is 0 Å². The number of aryl methyl sites for hydroxylation is 2. The van der Waals surface area contributed by atoms with E-state index in [1.807, 2.05) is 24.3 Å². The van der Waals surface area contributed by atoms with Crippen molar-refractivity contribution in [3.05, 3.63) is 209 Å². The van der Waals surface area contributed by atoms with Crippen LogP contribution in [0.3, 0.4) is 0 Å². The molecule has 3 nitrogen and oxygen atoms in total. The predicted octanol–water partition coefficient (Wildman–Crippen LogP) is 11.5. The third kappa shape index (κ3) is 5.26. The monoisotopic (exact) mass is 653 g/mol. The summed E-state index contributed by atoms with van der Waals surface area (Å²) < 4.78 is 0. The van der Waals surface area contributed by atoms with E-state index in [1.165, 1.54) is 50.1 Å². The van der Waals surface area contributed by atoms with E-state index in [-0.39, 0.29) is 0 Å². The Kier molecular flexibility index (Phi) is 7.48. The number of rotatable bonds is 6. The highest BCUT2D eigenvalue weighted by Gasteiger charge is 2.46. The van der Waals surface area contributed by atoms with Crippen LogP contribution in [0, 0.1) is 13.8 Å². The van der Waals surface area contributed by atoms with Crippen LogP contribution in [0.1, 0.15) is 33.4 Å². The number of hydrogen-bond acceptors (Lipinski definition) is 3. The molecule has 0 radical (unpaired) electrons. The lowest BCUT2D eigenvalue weighted by Crippen LogP contribution is -2.28. The normalized spacial score (nSPS) is 12.7. The van der Waals surface area contributed by atoms with Crippen LogP contribution >= 0.6 is 0 Å². The van der Waals surface area contributed by atoms with Crippen molar-refractivity contribution in [3.63, 3.8) is 0 Å². The number of aromatic nitrogens is 3. The molecule has 0 N–H and O–H groups in total. The molecule has 242 valence electrons. The van der Waals surface area contributed by atoms with Crippen molar-refractivity contribution in [2.75, 3.05) is 0 Å². The van der Waals surface area contributed by atoms with Crippen molar-refractivity contribution >= 4 is 0 Å². The summed E-state index contributed by atoms with van der Waals surface area (Å²) in [6.45, 7) is 4.30. The number of benzene rings is 7. The maximum atomic E-state index is 5.17. The molecule has 0 aliphatic heterocycles. The van der Waals surface area contributed by atoms with Gasteiger partial charge in [0, 0.05) is 16.7 Å². The third-order valence-electron chi connectivity index (χ3n) is 10.2. The highest BCUT2D eigenvalue weighted by Crippen LogP contribution is 2.56. The van der Waals surface area contributed by atoms with Gasteiger partial charge in [0.25, 0.3) is 0 Å². The number of fused-ring (bicyclic) bond motifs is 3. The molecule has 1 heterocycles. The summed E-state index contributed by atoms with van der Waals surface area (Å²) in [7, 11) is 0. The maximum absolute atomic E-state index is 5.17. The Morgan fingerprint density at radius 1 is 0.333 bits per heavy atom. The van der Waals surface area contributed by atoms with Crippen LogP contribution in [0.5, 0.6) is 0 Å². The van der Waals surface area contributed by atoms with Crippen molar-refractivity contribution in [1.82, 2.24) is 15.0 Å². The summed E-state index contributed by atoms with van der Waals surface area (Å²) in [5.74, 6) is 1.94. The van der Waals surface area contributed by atoms with Crippen LogP contribution in [0.15, 0.2) is 176 Å². The van der Waals surface area contributed by atoms with Crippen LogP contribution in [-0.4, -0.2) is 15.0 Å². The fourth-order valence-electron chi connectivity index (χ4n) is 7.61. The Labute approximate surface area is 299 Å². The molecule has 0 bridgehead atoms. The first kappa shape index (κ1) is 30.6. The standard InChI is InChI=1S/C48H35N3/c1-32-17-26-39(27-18-32)48(40-28-19-33(2)20-29-40)43-16-10-9-15-41(43)42-30-25-38(31-44(42)48)47-50-45(36-13-7-4-8-14-36)49-46(51-47)37-23-21-35(22-24-37)34-11-5-3-6-12-34/h3-31H,1-2H3. The predicted molar refractivity (Wildman–Crippen MR) is 208 cm³/mol. The minimum absolute atomic E-state index is 0.519. The molecule has 0 fully saturated rings. The average Bonchev–Trinajstić information content (AvgIpc) is 3.49. The van der Waals surface area contributed by atoms with Crippen molar-refractivity contribution in [2.24, 2.45) is 0 Å². The summed E-state index contributed by atoms with van der Waals surface area (Å²) in [6, 6.07) is 62.8. The molecular formula is C48H35N3. The first-order valence-corrected chi connectivity index (χ1v) is 17.4. The maximum Gasteiger partial charge on any atom is 0.164 e. The van der Waals surface area contributed by atoms with Gasteiger partial charge < -0.3 is 0 Å². The van der Waals surface area contributed by atoms with Gasteiger partial charge in [0.15, 0.2) is 17.5 Å². The van der Waals surface area contributed by atoms with Crippen LogP contribution in [0.4, 0.5) is 0 Å². The second kappa shape index (κ2) is 12.5. The summed E-state index contributed by atoms with van der Waals surface area (Å²) in [5.41, 5.74) is 14.6. The van der Waals surface area contributed by atoms with Crippen LogP contribution in [0.2, 0.25) is 0 Å². The molecule has 0 amide bonds. The zero-order valence-corrected chi connectivity index (χ0v) is 28.6. The number of hydrogen-bond donors (Lipinski definition) is 0. The molecule has 0 saturated carbocycles. The summed E-state index contributed by atoms with van der Waals surface area (Å²) >= 11 is 0. The van der Waals surface area contributed by atoms with E-state index >= 15 is 0 Å². The Morgan fingerprint density at radius 3 is 1.33 bits per heavy atom. The summed E-state index contributed by atoms with van der Waals surface area (Å²) in [4.78, 5) is 15.3. The molecule has 51 heavy (non-hydrogen) atoms. The van der Waals surface area contributed by atoms with Crippen LogP contribution in [-0.2, 0) is 5.41 Å². The van der Waals surface area contributed by atoms with Gasteiger partial charge in [-0.1, -0.05) is 181 Å². The molecule has 1 aliphatic carbocycles. The average molecular weight is 654 g/mol. The second-order valence-corrected chi connectivity index (χ2v) is 13.4. The molecule has 1 aliphatic rings. The Balaban J connectivity index is 1.26. The first-order chi connectivity index (χ1) is 25.1. The lowest BCUT2D eigenvalue weighted by atomic mass is 9.67. The molecule has 3 heteroatoms. The van der Waals surface area contributed by atoms with E-state index in [0.29, 0.717) is 17.5 Å². The lowest BCUT2D eigenvalue weighted by Gasteiger charge is -2.34. The van der Waals surface area contributed by atoms with E-state index < -0.39 is 5.41 Å². The zero-order valence-electron chi connectivity index (χ0n) is 28.6. The van der Waals surface area contributed by atoms with Gasteiger partial charge >= 0.3 is 0 Å². The molecule has 0 atom stereocenters. The van der Waals surface area contributed by atoms with Gasteiger partial charge in [-0.05, 0) is 64.4 Å². The Morgan fingerprint density at radius 2 is 0.745 bits per heavy atom. The molecular weight excluding hydrogens is 619 g/mol. The molecule has 0 saturated heterocycles. The van der Waals surface area contributed by atoms with Crippen molar-refractivity contribution < 1.29 is 0 Å². The van der Waals surface area contributed by atoms with E-state index in [9.17, 15) is 0 Å². The largest absolute Gasteiger partial charge is 0.208 e.